The minimum Gasteiger partial charge on any atom is -0.489 e. The van der Waals surface area contributed by atoms with Gasteiger partial charge in [-0.15, -0.1) is 13.2 Å². The summed E-state index contributed by atoms with van der Waals surface area (Å²) in [5.74, 6) is -3.36. The zero-order chi connectivity index (χ0) is 16.9. The molecule has 0 saturated heterocycles. The number of ether oxygens (including phenoxy) is 3. The molecule has 0 bridgehead atoms. The first kappa shape index (κ1) is 17.5. The summed E-state index contributed by atoms with van der Waals surface area (Å²) in [5, 5.41) is 10.9. The first-order chi connectivity index (χ1) is 10.2. The fourth-order valence-corrected chi connectivity index (χ4v) is 1.49. The minimum absolute atomic E-state index is 0.0481. The third kappa shape index (κ3) is 4.75. The van der Waals surface area contributed by atoms with E-state index in [2.05, 4.69) is 19.2 Å². The van der Waals surface area contributed by atoms with Gasteiger partial charge in [-0.3, -0.25) is 4.79 Å². The average Bonchev–Trinajstić information content (AvgIpc) is 2.38. The van der Waals surface area contributed by atoms with Gasteiger partial charge in [0, 0.05) is 11.1 Å². The molecular weight excluding hydrogens is 313 g/mol. The number of alkyl halides is 3. The fraction of sp³-hybridized carbons (Fsp3) is 0.455. The third-order valence-electron chi connectivity index (χ3n) is 2.26. The minimum atomic E-state index is -5.10. The molecule has 0 N–H and O–H groups in total. The highest BCUT2D eigenvalue weighted by atomic mass is 19.4. The number of aromatic nitrogens is 1. The van der Waals surface area contributed by atoms with E-state index >= 15 is 0 Å². The molecule has 0 aliphatic rings. The number of halogens is 3. The van der Waals surface area contributed by atoms with Crippen LogP contribution in [-0.2, 0) is 16.0 Å². The van der Waals surface area contributed by atoms with Crippen LogP contribution in [0.1, 0.15) is 12.5 Å². The molecule has 0 amide bonds. The van der Waals surface area contributed by atoms with Crippen LogP contribution in [0.5, 0.6) is 11.6 Å². The smallest absolute Gasteiger partial charge is 0.489 e. The van der Waals surface area contributed by atoms with E-state index in [0.29, 0.717) is 0 Å². The highest BCUT2D eigenvalue weighted by Gasteiger charge is 2.37. The van der Waals surface area contributed by atoms with Crippen molar-refractivity contribution in [3.05, 3.63) is 21.7 Å². The van der Waals surface area contributed by atoms with Gasteiger partial charge in [0.05, 0.1) is 25.7 Å². The van der Waals surface area contributed by atoms with E-state index in [1.165, 1.54) is 6.92 Å². The Balaban J connectivity index is 3.27. The van der Waals surface area contributed by atoms with Crippen molar-refractivity contribution >= 4 is 11.8 Å². The topological polar surface area (TPSA) is 101 Å². The number of nitrogens with zero attached hydrogens (tertiary/aromatic N) is 2. The molecule has 22 heavy (non-hydrogen) atoms. The molecule has 0 aliphatic heterocycles. The number of rotatable bonds is 6. The van der Waals surface area contributed by atoms with Gasteiger partial charge in [-0.2, -0.15) is 0 Å². The van der Waals surface area contributed by atoms with Gasteiger partial charge in [0.2, 0.25) is 5.75 Å². The summed E-state index contributed by atoms with van der Waals surface area (Å²) in [4.78, 5) is 24.4. The van der Waals surface area contributed by atoms with Gasteiger partial charge in [0.15, 0.2) is 0 Å². The molecule has 1 heterocycles. The van der Waals surface area contributed by atoms with E-state index in [0.717, 1.165) is 13.2 Å². The summed E-state index contributed by atoms with van der Waals surface area (Å²) in [6.07, 6.45) is -5.64. The molecule has 0 aliphatic carbocycles. The predicted octanol–water partition coefficient (Wildman–Crippen LogP) is 2.00. The van der Waals surface area contributed by atoms with Crippen LogP contribution in [-0.4, -0.2) is 36.0 Å². The van der Waals surface area contributed by atoms with Gasteiger partial charge >= 0.3 is 24.0 Å². The van der Waals surface area contributed by atoms with Crippen molar-refractivity contribution in [1.29, 1.82) is 0 Å². The van der Waals surface area contributed by atoms with Crippen molar-refractivity contribution in [3.63, 3.8) is 0 Å². The van der Waals surface area contributed by atoms with Crippen LogP contribution >= 0.6 is 0 Å². The fourth-order valence-electron chi connectivity index (χ4n) is 1.49. The van der Waals surface area contributed by atoms with E-state index < -0.39 is 41.1 Å². The highest BCUT2D eigenvalue weighted by Crippen LogP contribution is 2.34. The molecule has 1 rings (SSSR count). The summed E-state index contributed by atoms with van der Waals surface area (Å²) < 4.78 is 49.6. The largest absolute Gasteiger partial charge is 0.575 e. The van der Waals surface area contributed by atoms with Crippen LogP contribution in [0.15, 0.2) is 6.07 Å². The molecular formula is C11H11F3N2O6. The summed E-state index contributed by atoms with van der Waals surface area (Å²) in [6.45, 7) is 1.58. The molecule has 8 nitrogen and oxygen atoms in total. The van der Waals surface area contributed by atoms with E-state index in [9.17, 15) is 28.1 Å². The van der Waals surface area contributed by atoms with E-state index in [4.69, 9.17) is 0 Å². The first-order valence-electron chi connectivity index (χ1n) is 5.81. The van der Waals surface area contributed by atoms with Crippen LogP contribution in [0.25, 0.3) is 0 Å². The lowest BCUT2D eigenvalue weighted by Crippen LogP contribution is -2.19. The van der Waals surface area contributed by atoms with E-state index in [-0.39, 0.29) is 12.2 Å². The SMILES string of the molecule is CCOC(=O)Cc1cc(OC)c(OC(F)(F)F)nc1[N+](=O)[O-]. The molecule has 122 valence electrons. The van der Waals surface area contributed by atoms with Gasteiger partial charge in [0.25, 0.3) is 0 Å². The summed E-state index contributed by atoms with van der Waals surface area (Å²) in [7, 11) is 1.03. The molecule has 0 atom stereocenters. The second-order valence-electron chi connectivity index (χ2n) is 3.77. The molecule has 1 aromatic heterocycles. The van der Waals surface area contributed by atoms with Gasteiger partial charge in [-0.25, -0.2) is 0 Å². The standard InChI is InChI=1S/C11H11F3N2O6/c1-3-21-8(17)5-6-4-7(20-2)10(22-11(12,13)14)15-9(6)16(18)19/h4H,3,5H2,1-2H3. The lowest BCUT2D eigenvalue weighted by Gasteiger charge is -2.10. The van der Waals surface area contributed by atoms with Crippen LogP contribution in [0, 0.1) is 10.1 Å². The van der Waals surface area contributed by atoms with Gasteiger partial charge < -0.3 is 24.3 Å². The number of pyridine rings is 1. The first-order valence-corrected chi connectivity index (χ1v) is 5.81. The Morgan fingerprint density at radius 3 is 2.55 bits per heavy atom. The number of carbonyl (C=O) groups is 1. The monoisotopic (exact) mass is 324 g/mol. The molecule has 0 aromatic carbocycles. The second kappa shape index (κ2) is 6.91. The van der Waals surface area contributed by atoms with Crippen molar-refractivity contribution in [2.45, 2.75) is 19.7 Å². The number of carbonyl (C=O) groups excluding carboxylic acids is 1. The Hall–Kier alpha value is -2.59. The molecule has 0 radical (unpaired) electrons. The van der Waals surface area contributed by atoms with Crippen LogP contribution < -0.4 is 9.47 Å². The lowest BCUT2D eigenvalue weighted by molar-refractivity contribution is -0.390. The zero-order valence-electron chi connectivity index (χ0n) is 11.5. The lowest BCUT2D eigenvalue weighted by atomic mass is 10.2. The van der Waals surface area contributed by atoms with Gasteiger partial charge in [-0.1, -0.05) is 0 Å². The van der Waals surface area contributed by atoms with Crippen molar-refractivity contribution in [2.75, 3.05) is 13.7 Å². The predicted molar refractivity (Wildman–Crippen MR) is 64.5 cm³/mol. The Bertz CT molecular complexity index is 576. The summed E-state index contributed by atoms with van der Waals surface area (Å²) in [5.41, 5.74) is -0.255. The number of hydrogen-bond donors (Lipinski definition) is 0. The Morgan fingerprint density at radius 2 is 2.09 bits per heavy atom. The normalized spacial score (nSPS) is 11.0. The van der Waals surface area contributed by atoms with E-state index in [1.807, 2.05) is 0 Å². The van der Waals surface area contributed by atoms with Crippen molar-refractivity contribution in [2.24, 2.45) is 0 Å². The Labute approximate surface area is 121 Å². The maximum atomic E-state index is 12.2. The zero-order valence-corrected chi connectivity index (χ0v) is 11.5. The Kier molecular flexibility index (Phi) is 5.49. The molecule has 0 spiro atoms. The molecule has 11 heteroatoms. The van der Waals surface area contributed by atoms with Crippen molar-refractivity contribution < 1.29 is 37.1 Å². The summed E-state index contributed by atoms with van der Waals surface area (Å²) in [6, 6.07) is 0.878. The van der Waals surface area contributed by atoms with Crippen LogP contribution in [0.4, 0.5) is 19.0 Å². The number of hydrogen-bond acceptors (Lipinski definition) is 7. The van der Waals surface area contributed by atoms with Crippen LogP contribution in [0.3, 0.4) is 0 Å². The molecule has 0 fully saturated rings. The summed E-state index contributed by atoms with van der Waals surface area (Å²) >= 11 is 0. The number of nitro groups is 1. The van der Waals surface area contributed by atoms with Crippen LogP contribution in [0.2, 0.25) is 0 Å². The molecule has 0 saturated carbocycles. The van der Waals surface area contributed by atoms with Gasteiger partial charge in [-0.05, 0) is 11.8 Å². The second-order valence-corrected chi connectivity index (χ2v) is 3.77. The average molecular weight is 324 g/mol. The number of methoxy groups -OCH3 is 1. The maximum Gasteiger partial charge on any atom is 0.575 e. The van der Waals surface area contributed by atoms with Crippen molar-refractivity contribution in [1.82, 2.24) is 4.98 Å². The maximum absolute atomic E-state index is 12.2. The van der Waals surface area contributed by atoms with Crippen molar-refractivity contribution in [3.8, 4) is 11.6 Å². The van der Waals surface area contributed by atoms with Gasteiger partial charge in [0.1, 0.15) is 0 Å². The number of esters is 1. The third-order valence-corrected chi connectivity index (χ3v) is 2.26. The molecule has 1 aromatic rings. The highest BCUT2D eigenvalue weighted by molar-refractivity contribution is 5.74. The molecule has 0 unspecified atom stereocenters. The Morgan fingerprint density at radius 1 is 1.45 bits per heavy atom. The quantitative estimate of drug-likeness (QED) is 0.448. The van der Waals surface area contributed by atoms with E-state index in [1.54, 1.807) is 0 Å².